The molecule has 29 heavy (non-hydrogen) atoms. The quantitative estimate of drug-likeness (QED) is 0.678. The van der Waals surface area contributed by atoms with E-state index < -0.39 is 11.9 Å². The monoisotopic (exact) mass is 394 g/mol. The fourth-order valence-corrected chi connectivity index (χ4v) is 2.79. The number of amides is 5. The number of anilines is 2. The molecule has 0 unspecified atom stereocenters. The minimum Gasteiger partial charge on any atom is -0.334 e. The van der Waals surface area contributed by atoms with Crippen LogP contribution >= 0.6 is 0 Å². The number of nitrogens with zero attached hydrogens (tertiary/aromatic N) is 1. The molecular weight excluding hydrogens is 372 g/mol. The second-order valence-electron chi connectivity index (χ2n) is 7.08. The molecule has 0 saturated heterocycles. The van der Waals surface area contributed by atoms with E-state index in [1.54, 1.807) is 18.2 Å². The molecule has 0 atom stereocenters. The molecule has 8 nitrogen and oxygen atoms in total. The summed E-state index contributed by atoms with van der Waals surface area (Å²) in [5.41, 5.74) is 2.57. The van der Waals surface area contributed by atoms with E-state index in [0.717, 1.165) is 10.5 Å². The van der Waals surface area contributed by atoms with Gasteiger partial charge in [-0.3, -0.25) is 19.3 Å². The number of hydrogen-bond acceptors (Lipinski definition) is 4. The first-order valence-corrected chi connectivity index (χ1v) is 9.17. The lowest BCUT2D eigenvalue weighted by molar-refractivity contribution is -0.118. The van der Waals surface area contributed by atoms with E-state index in [2.05, 4.69) is 16.0 Å². The lowest BCUT2D eigenvalue weighted by atomic mass is 10.1. The van der Waals surface area contributed by atoms with Gasteiger partial charge in [-0.15, -0.1) is 0 Å². The zero-order valence-electron chi connectivity index (χ0n) is 16.4. The highest BCUT2D eigenvalue weighted by molar-refractivity contribution is 6.21. The van der Waals surface area contributed by atoms with Crippen LogP contribution in [0.3, 0.4) is 0 Å². The van der Waals surface area contributed by atoms with Crippen molar-refractivity contribution in [3.63, 3.8) is 0 Å². The minimum atomic E-state index is -0.438. The van der Waals surface area contributed by atoms with E-state index in [1.165, 1.54) is 19.2 Å². The van der Waals surface area contributed by atoms with E-state index in [1.807, 2.05) is 26.0 Å². The Morgan fingerprint density at radius 2 is 1.52 bits per heavy atom. The number of urea groups is 1. The molecule has 0 aromatic heterocycles. The van der Waals surface area contributed by atoms with Crippen molar-refractivity contribution >= 4 is 35.1 Å². The lowest BCUT2D eigenvalue weighted by Crippen LogP contribution is -2.28. The van der Waals surface area contributed by atoms with Crippen LogP contribution in [0.5, 0.6) is 0 Å². The predicted molar refractivity (Wildman–Crippen MR) is 109 cm³/mol. The molecular formula is C21H22N4O4. The zero-order chi connectivity index (χ0) is 21.1. The Kier molecular flexibility index (Phi) is 5.63. The fraction of sp³-hybridized carbons (Fsp3) is 0.238. The molecule has 0 radical (unpaired) electrons. The topological polar surface area (TPSA) is 108 Å². The fourth-order valence-electron chi connectivity index (χ4n) is 2.79. The maximum atomic E-state index is 12.1. The summed E-state index contributed by atoms with van der Waals surface area (Å²) < 4.78 is 0. The highest BCUT2D eigenvalue weighted by Crippen LogP contribution is 2.24. The molecule has 5 amide bonds. The van der Waals surface area contributed by atoms with Crippen molar-refractivity contribution in [1.29, 1.82) is 0 Å². The first-order chi connectivity index (χ1) is 13.8. The Hall–Kier alpha value is -3.68. The van der Waals surface area contributed by atoms with Gasteiger partial charge >= 0.3 is 6.03 Å². The van der Waals surface area contributed by atoms with E-state index in [9.17, 15) is 19.2 Å². The molecule has 2 aromatic carbocycles. The number of carbonyl (C=O) groups is 4. The van der Waals surface area contributed by atoms with Gasteiger partial charge in [-0.1, -0.05) is 26.0 Å². The highest BCUT2D eigenvalue weighted by atomic mass is 16.2. The van der Waals surface area contributed by atoms with Gasteiger partial charge in [0, 0.05) is 30.9 Å². The third-order valence-electron chi connectivity index (χ3n) is 4.55. The molecule has 2 aromatic rings. The Morgan fingerprint density at radius 1 is 0.897 bits per heavy atom. The first-order valence-electron chi connectivity index (χ1n) is 9.17. The summed E-state index contributed by atoms with van der Waals surface area (Å²) in [5, 5.41) is 8.18. The number of nitrogens with one attached hydrogen (secondary N) is 3. The van der Waals surface area contributed by atoms with Crippen LogP contribution in [0.1, 0.15) is 40.1 Å². The van der Waals surface area contributed by atoms with Crippen molar-refractivity contribution < 1.29 is 19.2 Å². The van der Waals surface area contributed by atoms with Gasteiger partial charge in [-0.2, -0.15) is 0 Å². The summed E-state index contributed by atoms with van der Waals surface area (Å²) in [6, 6.07) is 11.3. The van der Waals surface area contributed by atoms with Gasteiger partial charge in [0.15, 0.2) is 0 Å². The number of rotatable bonds is 5. The van der Waals surface area contributed by atoms with Crippen molar-refractivity contribution in [2.45, 2.75) is 20.4 Å². The van der Waals surface area contributed by atoms with Crippen molar-refractivity contribution in [2.75, 3.05) is 17.7 Å². The summed E-state index contributed by atoms with van der Waals surface area (Å²) >= 11 is 0. The molecule has 0 bridgehead atoms. The van der Waals surface area contributed by atoms with Crippen LogP contribution in [-0.2, 0) is 11.3 Å². The highest BCUT2D eigenvalue weighted by Gasteiger charge is 2.32. The minimum absolute atomic E-state index is 0.0593. The summed E-state index contributed by atoms with van der Waals surface area (Å²) in [7, 11) is 1.42. The molecule has 150 valence electrons. The summed E-state index contributed by atoms with van der Waals surface area (Å²) in [5.74, 6) is -0.906. The smallest absolute Gasteiger partial charge is 0.319 e. The van der Waals surface area contributed by atoms with Crippen molar-refractivity contribution in [3.8, 4) is 0 Å². The number of carbonyl (C=O) groups excluding carboxylic acids is 4. The van der Waals surface area contributed by atoms with E-state index in [0.29, 0.717) is 16.9 Å². The van der Waals surface area contributed by atoms with Crippen molar-refractivity contribution in [1.82, 2.24) is 10.2 Å². The molecule has 1 aliphatic rings. The van der Waals surface area contributed by atoms with Crippen LogP contribution < -0.4 is 16.0 Å². The Balaban J connectivity index is 1.55. The zero-order valence-corrected chi connectivity index (χ0v) is 16.4. The molecule has 0 saturated carbocycles. The van der Waals surface area contributed by atoms with Crippen LogP contribution in [-0.4, -0.2) is 35.7 Å². The average molecular weight is 394 g/mol. The third-order valence-corrected chi connectivity index (χ3v) is 4.55. The maximum Gasteiger partial charge on any atom is 0.319 e. The number of hydrogen-bond donors (Lipinski definition) is 3. The molecule has 1 aliphatic heterocycles. The Bertz CT molecular complexity index is 983. The summed E-state index contributed by atoms with van der Waals surface area (Å²) in [6.07, 6.45) is 0. The summed E-state index contributed by atoms with van der Waals surface area (Å²) in [6.45, 7) is 3.92. The number of fused-ring (bicyclic) bond motifs is 1. The second-order valence-corrected chi connectivity index (χ2v) is 7.08. The molecule has 3 N–H and O–H groups in total. The van der Waals surface area contributed by atoms with Crippen LogP contribution in [0, 0.1) is 5.92 Å². The van der Waals surface area contributed by atoms with Crippen molar-refractivity contribution in [2.24, 2.45) is 5.92 Å². The third kappa shape index (κ3) is 4.43. The molecule has 0 fully saturated rings. The standard InChI is InChI=1S/C21H22N4O4/c1-12(2)18(26)23-14-6-4-13(5-7-14)11-22-21(29)24-15-8-9-16-17(10-15)20(28)25(3)19(16)27/h4-10,12H,11H2,1-3H3,(H,23,26)(H2,22,24,29). The van der Waals surface area contributed by atoms with Gasteiger partial charge in [0.05, 0.1) is 11.1 Å². The largest absolute Gasteiger partial charge is 0.334 e. The number of benzene rings is 2. The van der Waals surface area contributed by atoms with Gasteiger partial charge in [0.2, 0.25) is 5.91 Å². The van der Waals surface area contributed by atoms with Gasteiger partial charge in [0.1, 0.15) is 0 Å². The number of imide groups is 1. The normalized spacial score (nSPS) is 12.8. The van der Waals surface area contributed by atoms with Gasteiger partial charge in [-0.25, -0.2) is 4.79 Å². The SMILES string of the molecule is CC(C)C(=O)Nc1ccc(CNC(=O)Nc2ccc3c(c2)C(=O)N(C)C3=O)cc1. The van der Waals surface area contributed by atoms with E-state index >= 15 is 0 Å². The van der Waals surface area contributed by atoms with Gasteiger partial charge in [0.25, 0.3) is 11.8 Å². The molecule has 0 aliphatic carbocycles. The van der Waals surface area contributed by atoms with E-state index in [4.69, 9.17) is 0 Å². The second kappa shape index (κ2) is 8.14. The Labute approximate surface area is 168 Å². The van der Waals surface area contributed by atoms with Crippen LogP contribution in [0.2, 0.25) is 0 Å². The molecule has 3 rings (SSSR count). The average Bonchev–Trinajstić information content (AvgIpc) is 2.91. The molecule has 1 heterocycles. The predicted octanol–water partition coefficient (Wildman–Crippen LogP) is 2.83. The van der Waals surface area contributed by atoms with Crippen LogP contribution in [0.15, 0.2) is 42.5 Å². The van der Waals surface area contributed by atoms with Crippen molar-refractivity contribution in [3.05, 3.63) is 59.2 Å². The summed E-state index contributed by atoms with van der Waals surface area (Å²) in [4.78, 5) is 48.8. The maximum absolute atomic E-state index is 12.1. The first kappa shape index (κ1) is 20.1. The van der Waals surface area contributed by atoms with Gasteiger partial charge < -0.3 is 16.0 Å². The van der Waals surface area contributed by atoms with Crippen LogP contribution in [0.4, 0.5) is 16.2 Å². The molecule has 8 heteroatoms. The van der Waals surface area contributed by atoms with Crippen LogP contribution in [0.25, 0.3) is 0 Å². The lowest BCUT2D eigenvalue weighted by Gasteiger charge is -2.10. The Morgan fingerprint density at radius 3 is 2.17 bits per heavy atom. The molecule has 0 spiro atoms. The van der Waals surface area contributed by atoms with E-state index in [-0.39, 0.29) is 29.8 Å². The van der Waals surface area contributed by atoms with Gasteiger partial charge in [-0.05, 0) is 35.9 Å².